The van der Waals surface area contributed by atoms with Crippen LogP contribution in [0.2, 0.25) is 0 Å². The summed E-state index contributed by atoms with van der Waals surface area (Å²) in [4.78, 5) is 55.3. The van der Waals surface area contributed by atoms with Crippen molar-refractivity contribution in [2.75, 3.05) is 23.3 Å². The number of carbonyl (C=O) groups excluding carboxylic acids is 4. The van der Waals surface area contributed by atoms with Crippen molar-refractivity contribution in [2.24, 2.45) is 0 Å². The maximum absolute atomic E-state index is 13.7. The minimum atomic E-state index is -0.357. The molecule has 0 radical (unpaired) electrons. The first-order valence-corrected chi connectivity index (χ1v) is 12.8. The molecule has 1 saturated heterocycles. The van der Waals surface area contributed by atoms with Gasteiger partial charge >= 0.3 is 0 Å². The van der Waals surface area contributed by atoms with E-state index in [2.05, 4.69) is 5.32 Å². The Morgan fingerprint density at radius 2 is 1.41 bits per heavy atom. The molecule has 7 heteroatoms. The Balaban J connectivity index is 1.24. The minimum Gasteiger partial charge on any atom is -0.326 e. The third-order valence-corrected chi connectivity index (χ3v) is 7.22. The van der Waals surface area contributed by atoms with Gasteiger partial charge in [-0.05, 0) is 53.6 Å². The summed E-state index contributed by atoms with van der Waals surface area (Å²) in [5.41, 5.74) is 4.23. The number of benzene rings is 4. The molecule has 39 heavy (non-hydrogen) atoms. The van der Waals surface area contributed by atoms with Crippen molar-refractivity contribution >= 4 is 34.9 Å². The molecular weight excluding hydrogens is 490 g/mol. The number of nitrogens with zero attached hydrogens (tertiary/aromatic N) is 2. The lowest BCUT2D eigenvalue weighted by Gasteiger charge is -2.26. The van der Waals surface area contributed by atoms with Crippen LogP contribution in [0.25, 0.3) is 11.1 Å². The smallest absolute Gasteiger partial charge is 0.258 e. The molecule has 0 spiro atoms. The van der Waals surface area contributed by atoms with E-state index in [0.717, 1.165) is 11.1 Å². The second-order valence-electron chi connectivity index (χ2n) is 9.71. The Labute approximate surface area is 225 Å². The highest BCUT2D eigenvalue weighted by molar-refractivity contribution is 6.13. The van der Waals surface area contributed by atoms with E-state index in [1.807, 2.05) is 48.5 Å². The average molecular weight is 516 g/mol. The molecule has 7 nitrogen and oxygen atoms in total. The van der Waals surface area contributed by atoms with E-state index in [0.29, 0.717) is 28.1 Å². The van der Waals surface area contributed by atoms with Gasteiger partial charge in [-0.2, -0.15) is 0 Å². The fourth-order valence-electron chi connectivity index (χ4n) is 5.30. The molecule has 0 aromatic heterocycles. The van der Waals surface area contributed by atoms with Crippen molar-refractivity contribution in [1.29, 1.82) is 0 Å². The Morgan fingerprint density at radius 1 is 0.744 bits per heavy atom. The number of nitrogens with one attached hydrogen (secondary N) is 1. The van der Waals surface area contributed by atoms with Gasteiger partial charge in [0.05, 0.1) is 23.8 Å². The molecule has 4 aromatic rings. The maximum atomic E-state index is 13.7. The molecule has 1 fully saturated rings. The lowest BCUT2D eigenvalue weighted by atomic mass is 9.99. The Hall–Kier alpha value is -5.04. The van der Waals surface area contributed by atoms with Crippen molar-refractivity contribution < 1.29 is 19.2 Å². The summed E-state index contributed by atoms with van der Waals surface area (Å²) in [5.74, 6) is -0.761. The predicted molar refractivity (Wildman–Crippen MR) is 149 cm³/mol. The average Bonchev–Trinajstić information content (AvgIpc) is 3.31. The topological polar surface area (TPSA) is 86.8 Å². The van der Waals surface area contributed by atoms with E-state index >= 15 is 0 Å². The standard InChI is InChI=1S/C32H25N3O4/c36-25-18-24-19-35(29-13-7-6-12-28(29)32(39)34(24)20-25)31(38)22-14-16-23(17-15-22)33-30(37)27-11-5-4-10-26(27)21-8-2-1-3-9-21/h1-17,24H,18-20H2,(H,33,37)/t24-/m0/s1. The molecule has 4 aromatic carbocycles. The Kier molecular flexibility index (Phi) is 6.25. The third kappa shape index (κ3) is 4.59. The number of Topliss-reactive ketones (excluding diaryl/α,β-unsaturated/α-hetero) is 1. The van der Waals surface area contributed by atoms with Gasteiger partial charge in [0.2, 0.25) is 0 Å². The Bertz CT molecular complexity index is 1600. The number of rotatable bonds is 4. The van der Waals surface area contributed by atoms with E-state index in [9.17, 15) is 19.2 Å². The van der Waals surface area contributed by atoms with Crippen molar-refractivity contribution in [2.45, 2.75) is 12.5 Å². The highest BCUT2D eigenvalue weighted by Gasteiger charge is 2.41. The number of para-hydroxylation sites is 1. The highest BCUT2D eigenvalue weighted by Crippen LogP contribution is 2.32. The van der Waals surface area contributed by atoms with Gasteiger partial charge in [-0.1, -0.05) is 60.7 Å². The first kappa shape index (κ1) is 24.3. The van der Waals surface area contributed by atoms with Crippen LogP contribution in [0.4, 0.5) is 11.4 Å². The first-order chi connectivity index (χ1) is 19.0. The summed E-state index contributed by atoms with van der Waals surface area (Å²) >= 11 is 0. The third-order valence-electron chi connectivity index (χ3n) is 7.22. The van der Waals surface area contributed by atoms with E-state index in [-0.39, 0.29) is 49.1 Å². The van der Waals surface area contributed by atoms with Crippen LogP contribution in [0.15, 0.2) is 103 Å². The first-order valence-electron chi connectivity index (χ1n) is 12.8. The van der Waals surface area contributed by atoms with Crippen molar-refractivity contribution in [3.05, 3.63) is 120 Å². The summed E-state index contributed by atoms with van der Waals surface area (Å²) in [7, 11) is 0. The van der Waals surface area contributed by atoms with Crippen molar-refractivity contribution in [3.8, 4) is 11.1 Å². The van der Waals surface area contributed by atoms with Crippen LogP contribution in [0, 0.1) is 0 Å². The van der Waals surface area contributed by atoms with E-state index < -0.39 is 0 Å². The maximum Gasteiger partial charge on any atom is 0.258 e. The predicted octanol–water partition coefficient (Wildman–Crippen LogP) is 5.05. The van der Waals surface area contributed by atoms with Crippen LogP contribution >= 0.6 is 0 Å². The number of carbonyl (C=O) groups is 4. The summed E-state index contributed by atoms with van der Waals surface area (Å²) in [6.45, 7) is 0.309. The van der Waals surface area contributed by atoms with E-state index in [4.69, 9.17) is 0 Å². The van der Waals surface area contributed by atoms with Gasteiger partial charge in [0.25, 0.3) is 17.7 Å². The lowest BCUT2D eigenvalue weighted by Crippen LogP contribution is -2.42. The quantitative estimate of drug-likeness (QED) is 0.412. The molecule has 2 heterocycles. The number of fused-ring (bicyclic) bond motifs is 2. The number of ketones is 1. The number of hydrogen-bond donors (Lipinski definition) is 1. The SMILES string of the molecule is O=C1C[C@H]2CN(C(=O)c3ccc(NC(=O)c4ccccc4-c4ccccc4)cc3)c3ccccc3C(=O)N2C1. The molecular formula is C32H25N3O4. The molecule has 0 bridgehead atoms. The molecule has 3 amide bonds. The fraction of sp³-hybridized carbons (Fsp3) is 0.125. The van der Waals surface area contributed by atoms with Crippen molar-refractivity contribution in [1.82, 2.24) is 4.90 Å². The number of anilines is 2. The van der Waals surface area contributed by atoms with Gasteiger partial charge in [-0.3, -0.25) is 19.2 Å². The van der Waals surface area contributed by atoms with Gasteiger partial charge in [0.1, 0.15) is 0 Å². The lowest BCUT2D eigenvalue weighted by molar-refractivity contribution is -0.116. The van der Waals surface area contributed by atoms with Gasteiger partial charge in [0, 0.05) is 29.8 Å². The summed E-state index contributed by atoms with van der Waals surface area (Å²) in [6.07, 6.45) is 0.235. The number of hydrogen-bond acceptors (Lipinski definition) is 4. The van der Waals surface area contributed by atoms with Crippen molar-refractivity contribution in [3.63, 3.8) is 0 Å². The monoisotopic (exact) mass is 515 g/mol. The van der Waals surface area contributed by atoms with Crippen LogP contribution in [0.5, 0.6) is 0 Å². The minimum absolute atomic E-state index is 0.00550. The van der Waals surface area contributed by atoms with Gasteiger partial charge in [-0.25, -0.2) is 0 Å². The molecule has 6 rings (SSSR count). The summed E-state index contributed by atoms with van der Waals surface area (Å²) in [6, 6.07) is 30.5. The molecule has 0 aliphatic carbocycles. The van der Waals surface area contributed by atoms with Gasteiger partial charge < -0.3 is 15.1 Å². The molecule has 2 aliphatic rings. The zero-order valence-electron chi connectivity index (χ0n) is 21.0. The van der Waals surface area contributed by atoms with Gasteiger partial charge in [-0.15, -0.1) is 0 Å². The molecule has 1 N–H and O–H groups in total. The summed E-state index contributed by atoms with van der Waals surface area (Å²) < 4.78 is 0. The summed E-state index contributed by atoms with van der Waals surface area (Å²) in [5, 5.41) is 2.93. The normalized spacial score (nSPS) is 16.4. The second-order valence-corrected chi connectivity index (χ2v) is 9.71. The molecule has 0 saturated carbocycles. The molecule has 0 unspecified atom stereocenters. The zero-order valence-corrected chi connectivity index (χ0v) is 21.0. The van der Waals surface area contributed by atoms with Crippen LogP contribution in [-0.2, 0) is 4.79 Å². The Morgan fingerprint density at radius 3 is 2.18 bits per heavy atom. The number of amides is 3. The van der Waals surface area contributed by atoms with Gasteiger partial charge in [0.15, 0.2) is 5.78 Å². The van der Waals surface area contributed by atoms with Crippen LogP contribution in [-0.4, -0.2) is 47.5 Å². The van der Waals surface area contributed by atoms with Crippen LogP contribution < -0.4 is 10.2 Å². The highest BCUT2D eigenvalue weighted by atomic mass is 16.2. The largest absolute Gasteiger partial charge is 0.326 e. The second kappa shape index (κ2) is 10.0. The van der Waals surface area contributed by atoms with E-state index in [1.54, 1.807) is 64.4 Å². The van der Waals surface area contributed by atoms with E-state index in [1.165, 1.54) is 0 Å². The molecule has 1 atom stereocenters. The van der Waals surface area contributed by atoms with Crippen LogP contribution in [0.1, 0.15) is 37.5 Å². The van der Waals surface area contributed by atoms with Crippen LogP contribution in [0.3, 0.4) is 0 Å². The fourth-order valence-corrected chi connectivity index (χ4v) is 5.30. The zero-order chi connectivity index (χ0) is 26.9. The molecule has 192 valence electrons. The molecule has 2 aliphatic heterocycles.